The maximum absolute atomic E-state index is 12.4. The molecule has 0 bridgehead atoms. The third-order valence-electron chi connectivity index (χ3n) is 5.03. The van der Waals surface area contributed by atoms with Gasteiger partial charge in [-0.3, -0.25) is 4.79 Å². The third kappa shape index (κ3) is 3.69. The van der Waals surface area contributed by atoms with Gasteiger partial charge in [0.2, 0.25) is 5.91 Å². The normalized spacial score (nSPS) is 32.5. The first-order valence-electron chi connectivity index (χ1n) is 7.71. The van der Waals surface area contributed by atoms with Crippen LogP contribution in [-0.4, -0.2) is 41.7 Å². The van der Waals surface area contributed by atoms with Gasteiger partial charge in [0.15, 0.2) is 0 Å². The quantitative estimate of drug-likeness (QED) is 0.812. The molecule has 2 aliphatic rings. The highest BCUT2D eigenvalue weighted by Crippen LogP contribution is 2.33. The Hall–Kier alpha value is -0.610. The van der Waals surface area contributed by atoms with E-state index in [1.807, 2.05) is 11.9 Å². The number of carbonyl (C=O) groups is 1. The summed E-state index contributed by atoms with van der Waals surface area (Å²) >= 11 is 0. The van der Waals surface area contributed by atoms with Crippen LogP contribution in [0.4, 0.5) is 0 Å². The van der Waals surface area contributed by atoms with Gasteiger partial charge in [0.25, 0.3) is 0 Å². The summed E-state index contributed by atoms with van der Waals surface area (Å²) in [5.74, 6) is 1.07. The second-order valence-corrected chi connectivity index (χ2v) is 6.57. The van der Waals surface area contributed by atoms with Gasteiger partial charge in [0, 0.05) is 26.1 Å². The van der Waals surface area contributed by atoms with Crippen molar-refractivity contribution in [3.63, 3.8) is 0 Å². The molecule has 2 aliphatic carbocycles. The lowest BCUT2D eigenvalue weighted by atomic mass is 9.78. The number of rotatable bonds is 4. The molecule has 1 amide bonds. The summed E-state index contributed by atoms with van der Waals surface area (Å²) in [6.45, 7) is 1.22. The van der Waals surface area contributed by atoms with Crippen molar-refractivity contribution < 1.29 is 9.90 Å². The van der Waals surface area contributed by atoms with Gasteiger partial charge in [-0.15, -0.1) is 0 Å². The van der Waals surface area contributed by atoms with Crippen molar-refractivity contribution >= 4 is 5.91 Å². The van der Waals surface area contributed by atoms with E-state index in [-0.39, 0.29) is 11.8 Å². The van der Waals surface area contributed by atoms with Crippen LogP contribution in [0.5, 0.6) is 0 Å². The highest BCUT2D eigenvalue weighted by molar-refractivity contribution is 5.78. The SMILES string of the molecule is CN(CC1CCCC1)C(=O)C1CCC(O)(CN)CC1. The molecule has 0 radical (unpaired) electrons. The van der Waals surface area contributed by atoms with Crippen LogP contribution in [0.2, 0.25) is 0 Å². The van der Waals surface area contributed by atoms with Crippen molar-refractivity contribution in [1.29, 1.82) is 0 Å². The minimum atomic E-state index is -0.721. The van der Waals surface area contributed by atoms with Crippen molar-refractivity contribution in [3.8, 4) is 0 Å². The first kappa shape index (κ1) is 14.8. The second-order valence-electron chi connectivity index (χ2n) is 6.57. The lowest BCUT2D eigenvalue weighted by molar-refractivity contribution is -0.137. The number of aliphatic hydroxyl groups is 1. The molecule has 0 aliphatic heterocycles. The molecule has 19 heavy (non-hydrogen) atoms. The zero-order valence-electron chi connectivity index (χ0n) is 12.1. The van der Waals surface area contributed by atoms with Crippen molar-refractivity contribution in [3.05, 3.63) is 0 Å². The minimum absolute atomic E-state index is 0.0956. The molecule has 0 atom stereocenters. The zero-order chi connectivity index (χ0) is 13.9. The number of amides is 1. The van der Waals surface area contributed by atoms with Crippen LogP contribution < -0.4 is 5.73 Å². The van der Waals surface area contributed by atoms with E-state index in [4.69, 9.17) is 5.73 Å². The van der Waals surface area contributed by atoms with Gasteiger partial charge in [-0.25, -0.2) is 0 Å². The zero-order valence-corrected chi connectivity index (χ0v) is 12.1. The van der Waals surface area contributed by atoms with Crippen LogP contribution in [0.15, 0.2) is 0 Å². The predicted molar refractivity (Wildman–Crippen MR) is 75.6 cm³/mol. The number of nitrogens with zero attached hydrogens (tertiary/aromatic N) is 1. The average Bonchev–Trinajstić information content (AvgIpc) is 2.91. The summed E-state index contributed by atoms with van der Waals surface area (Å²) in [5.41, 5.74) is 4.86. The number of hydrogen-bond acceptors (Lipinski definition) is 3. The van der Waals surface area contributed by atoms with Gasteiger partial charge in [0.05, 0.1) is 5.60 Å². The standard InChI is InChI=1S/C15H28N2O2/c1-17(10-12-4-2-3-5-12)14(18)13-6-8-15(19,11-16)9-7-13/h12-13,19H,2-11,16H2,1H3. The van der Waals surface area contributed by atoms with E-state index in [0.717, 1.165) is 19.4 Å². The first-order chi connectivity index (χ1) is 9.04. The van der Waals surface area contributed by atoms with Gasteiger partial charge in [-0.2, -0.15) is 0 Å². The first-order valence-corrected chi connectivity index (χ1v) is 7.71. The monoisotopic (exact) mass is 268 g/mol. The van der Waals surface area contributed by atoms with Crippen molar-refractivity contribution in [2.75, 3.05) is 20.1 Å². The summed E-state index contributed by atoms with van der Waals surface area (Å²) in [4.78, 5) is 14.3. The molecular weight excluding hydrogens is 240 g/mol. The molecule has 0 aromatic rings. The highest BCUT2D eigenvalue weighted by Gasteiger charge is 2.35. The molecule has 110 valence electrons. The fraction of sp³-hybridized carbons (Fsp3) is 0.933. The lowest BCUT2D eigenvalue weighted by Crippen LogP contribution is -2.45. The van der Waals surface area contributed by atoms with Gasteiger partial charge in [-0.05, 0) is 44.4 Å². The molecule has 0 unspecified atom stereocenters. The van der Waals surface area contributed by atoms with Crippen LogP contribution in [0.1, 0.15) is 51.4 Å². The molecule has 2 saturated carbocycles. The van der Waals surface area contributed by atoms with E-state index in [1.54, 1.807) is 0 Å². The molecular formula is C15H28N2O2. The Balaban J connectivity index is 1.79. The summed E-state index contributed by atoms with van der Waals surface area (Å²) in [5, 5.41) is 10.1. The van der Waals surface area contributed by atoms with Crippen molar-refractivity contribution in [1.82, 2.24) is 4.90 Å². The molecule has 4 heteroatoms. The Kier molecular flexibility index (Phi) is 4.85. The van der Waals surface area contributed by atoms with E-state index in [0.29, 0.717) is 25.3 Å². The topological polar surface area (TPSA) is 66.6 Å². The summed E-state index contributed by atoms with van der Waals surface area (Å²) in [6, 6.07) is 0. The van der Waals surface area contributed by atoms with Gasteiger partial charge in [0.1, 0.15) is 0 Å². The predicted octanol–water partition coefficient (Wildman–Crippen LogP) is 1.51. The van der Waals surface area contributed by atoms with Gasteiger partial charge >= 0.3 is 0 Å². The minimum Gasteiger partial charge on any atom is -0.389 e. The van der Waals surface area contributed by atoms with E-state index < -0.39 is 5.60 Å². The maximum atomic E-state index is 12.4. The fourth-order valence-corrected chi connectivity index (χ4v) is 3.59. The van der Waals surface area contributed by atoms with Crippen molar-refractivity contribution in [2.45, 2.75) is 57.0 Å². The Bertz CT molecular complexity index is 305. The highest BCUT2D eigenvalue weighted by atomic mass is 16.3. The lowest BCUT2D eigenvalue weighted by Gasteiger charge is -2.36. The molecule has 0 spiro atoms. The largest absolute Gasteiger partial charge is 0.389 e. The van der Waals surface area contributed by atoms with Crippen molar-refractivity contribution in [2.24, 2.45) is 17.6 Å². The van der Waals surface area contributed by atoms with Crippen LogP contribution in [0.3, 0.4) is 0 Å². The average molecular weight is 268 g/mol. The van der Waals surface area contributed by atoms with E-state index in [9.17, 15) is 9.90 Å². The van der Waals surface area contributed by atoms with Gasteiger partial charge in [-0.1, -0.05) is 12.8 Å². The molecule has 2 fully saturated rings. The molecule has 2 rings (SSSR count). The second kappa shape index (κ2) is 6.23. The smallest absolute Gasteiger partial charge is 0.225 e. The fourth-order valence-electron chi connectivity index (χ4n) is 3.59. The summed E-state index contributed by atoms with van der Waals surface area (Å²) in [7, 11) is 1.93. The molecule has 0 aromatic carbocycles. The molecule has 3 N–H and O–H groups in total. The molecule has 0 saturated heterocycles. The van der Waals surface area contributed by atoms with E-state index in [2.05, 4.69) is 0 Å². The summed E-state index contributed by atoms with van der Waals surface area (Å²) in [6.07, 6.45) is 8.07. The Morgan fingerprint density at radius 3 is 2.37 bits per heavy atom. The Labute approximate surface area is 116 Å². The maximum Gasteiger partial charge on any atom is 0.225 e. The van der Waals surface area contributed by atoms with E-state index >= 15 is 0 Å². The molecule has 0 aromatic heterocycles. The number of hydrogen-bond donors (Lipinski definition) is 2. The Morgan fingerprint density at radius 2 is 1.84 bits per heavy atom. The third-order valence-corrected chi connectivity index (χ3v) is 5.03. The van der Waals surface area contributed by atoms with E-state index in [1.165, 1.54) is 25.7 Å². The van der Waals surface area contributed by atoms with Crippen LogP contribution >= 0.6 is 0 Å². The number of nitrogens with two attached hydrogens (primary N) is 1. The number of carbonyl (C=O) groups excluding carboxylic acids is 1. The van der Waals surface area contributed by atoms with Crippen LogP contribution in [0, 0.1) is 11.8 Å². The van der Waals surface area contributed by atoms with Gasteiger partial charge < -0.3 is 15.7 Å². The van der Waals surface area contributed by atoms with Crippen LogP contribution in [0.25, 0.3) is 0 Å². The molecule has 0 heterocycles. The Morgan fingerprint density at radius 1 is 1.26 bits per heavy atom. The van der Waals surface area contributed by atoms with Crippen LogP contribution in [-0.2, 0) is 4.79 Å². The molecule has 4 nitrogen and oxygen atoms in total. The summed E-state index contributed by atoms with van der Waals surface area (Å²) < 4.78 is 0.